The van der Waals surface area contributed by atoms with E-state index < -0.39 is 18.4 Å². The van der Waals surface area contributed by atoms with Crippen LogP contribution in [0.4, 0.5) is 4.39 Å². The van der Waals surface area contributed by atoms with Gasteiger partial charge in [0.2, 0.25) is 0 Å². The van der Waals surface area contributed by atoms with Crippen molar-refractivity contribution >= 4 is 5.97 Å². The van der Waals surface area contributed by atoms with Gasteiger partial charge in [-0.05, 0) is 17.7 Å². The minimum Gasteiger partial charge on any atom is -0.465 e. The Morgan fingerprint density at radius 2 is 2.33 bits per heavy atom. The number of nitrogens with zero attached hydrogens (tertiary/aromatic N) is 1. The van der Waals surface area contributed by atoms with Crippen LogP contribution in [0.5, 0.6) is 0 Å². The number of hydrogen-bond donors (Lipinski definition) is 1. The molecule has 0 amide bonds. The van der Waals surface area contributed by atoms with Gasteiger partial charge >= 0.3 is 5.97 Å². The first-order valence-corrected chi connectivity index (χ1v) is 4.05. The molecule has 1 N–H and O–H groups in total. The normalized spacial score (nSPS) is 9.47. The Kier molecular flexibility index (Phi) is 3.37. The van der Waals surface area contributed by atoms with Gasteiger partial charge in [-0.2, -0.15) is 5.26 Å². The third-order valence-corrected chi connectivity index (χ3v) is 1.89. The van der Waals surface area contributed by atoms with Crippen molar-refractivity contribution in [2.24, 2.45) is 0 Å². The number of halogens is 1. The molecular formula is C10H8FNO3. The van der Waals surface area contributed by atoms with Gasteiger partial charge in [-0.25, -0.2) is 9.18 Å². The molecule has 0 fully saturated rings. The number of rotatable bonds is 2. The highest BCUT2D eigenvalue weighted by Gasteiger charge is 2.15. The van der Waals surface area contributed by atoms with Crippen LogP contribution in [0, 0.1) is 17.1 Å². The predicted molar refractivity (Wildman–Crippen MR) is 48.4 cm³/mol. The summed E-state index contributed by atoms with van der Waals surface area (Å²) in [6.45, 7) is -0.437. The Labute approximate surface area is 85.5 Å². The molecule has 0 radical (unpaired) electrons. The lowest BCUT2D eigenvalue weighted by Crippen LogP contribution is -2.06. The van der Waals surface area contributed by atoms with E-state index in [1.807, 2.05) is 0 Å². The molecular weight excluding hydrogens is 201 g/mol. The molecule has 0 saturated heterocycles. The predicted octanol–water partition coefficient (Wildman–Crippen LogP) is 0.976. The van der Waals surface area contributed by atoms with Crippen molar-refractivity contribution in [2.45, 2.75) is 6.61 Å². The van der Waals surface area contributed by atoms with Crippen molar-refractivity contribution in [2.75, 3.05) is 7.11 Å². The van der Waals surface area contributed by atoms with E-state index in [1.165, 1.54) is 0 Å². The zero-order chi connectivity index (χ0) is 11.4. The minimum atomic E-state index is -0.841. The van der Waals surface area contributed by atoms with Crippen molar-refractivity contribution in [1.82, 2.24) is 0 Å². The van der Waals surface area contributed by atoms with E-state index in [0.717, 1.165) is 19.2 Å². The van der Waals surface area contributed by atoms with Gasteiger partial charge in [0.05, 0.1) is 30.9 Å². The summed E-state index contributed by atoms with van der Waals surface area (Å²) in [5.74, 6) is -1.68. The number of carbonyl (C=O) groups is 1. The SMILES string of the molecule is COC(=O)c1cc(CO)c(C#N)cc1F. The van der Waals surface area contributed by atoms with E-state index in [2.05, 4.69) is 4.74 Å². The first-order valence-electron chi connectivity index (χ1n) is 4.05. The third-order valence-electron chi connectivity index (χ3n) is 1.89. The summed E-state index contributed by atoms with van der Waals surface area (Å²) in [5.41, 5.74) is -0.0949. The van der Waals surface area contributed by atoms with Gasteiger partial charge < -0.3 is 9.84 Å². The van der Waals surface area contributed by atoms with Crippen LogP contribution in [-0.4, -0.2) is 18.2 Å². The Balaban J connectivity index is 3.33. The fraction of sp³-hybridized carbons (Fsp3) is 0.200. The second kappa shape index (κ2) is 4.53. The maximum Gasteiger partial charge on any atom is 0.340 e. The minimum absolute atomic E-state index is 0.00246. The van der Waals surface area contributed by atoms with E-state index >= 15 is 0 Å². The van der Waals surface area contributed by atoms with Crippen LogP contribution in [0.2, 0.25) is 0 Å². The van der Waals surface area contributed by atoms with Crippen molar-refractivity contribution in [3.05, 3.63) is 34.6 Å². The lowest BCUT2D eigenvalue weighted by atomic mass is 10.0. The number of nitriles is 1. The molecule has 0 bridgehead atoms. The van der Waals surface area contributed by atoms with E-state index in [9.17, 15) is 9.18 Å². The summed E-state index contributed by atoms with van der Waals surface area (Å²) in [7, 11) is 1.12. The molecule has 15 heavy (non-hydrogen) atoms. The van der Waals surface area contributed by atoms with Gasteiger partial charge in [-0.3, -0.25) is 0 Å². The second-order valence-corrected chi connectivity index (χ2v) is 2.75. The Hall–Kier alpha value is -1.93. The summed E-state index contributed by atoms with van der Waals surface area (Å²) in [5, 5.41) is 17.5. The van der Waals surface area contributed by atoms with E-state index in [4.69, 9.17) is 10.4 Å². The third kappa shape index (κ3) is 2.11. The summed E-state index contributed by atoms with van der Waals surface area (Å²) < 4.78 is 17.6. The van der Waals surface area contributed by atoms with Gasteiger partial charge in [-0.1, -0.05) is 0 Å². The molecule has 0 aliphatic carbocycles. The smallest absolute Gasteiger partial charge is 0.340 e. The summed E-state index contributed by atoms with van der Waals surface area (Å²) in [6, 6.07) is 3.73. The zero-order valence-electron chi connectivity index (χ0n) is 7.95. The van der Waals surface area contributed by atoms with Crippen LogP contribution >= 0.6 is 0 Å². The molecule has 0 aliphatic rings. The first-order chi connectivity index (χ1) is 7.13. The van der Waals surface area contributed by atoms with Gasteiger partial charge in [0.15, 0.2) is 0 Å². The summed E-state index contributed by atoms with van der Waals surface area (Å²) in [6.07, 6.45) is 0. The highest BCUT2D eigenvalue weighted by Crippen LogP contribution is 2.16. The average Bonchev–Trinajstić information content (AvgIpc) is 2.27. The van der Waals surface area contributed by atoms with E-state index in [-0.39, 0.29) is 16.7 Å². The molecule has 1 aromatic carbocycles. The number of ether oxygens (including phenoxy) is 1. The van der Waals surface area contributed by atoms with Crippen LogP contribution in [0.3, 0.4) is 0 Å². The average molecular weight is 209 g/mol. The number of esters is 1. The monoisotopic (exact) mass is 209 g/mol. The van der Waals surface area contributed by atoms with Crippen LogP contribution in [-0.2, 0) is 11.3 Å². The highest BCUT2D eigenvalue weighted by molar-refractivity contribution is 5.90. The highest BCUT2D eigenvalue weighted by atomic mass is 19.1. The van der Waals surface area contributed by atoms with Crippen molar-refractivity contribution < 1.29 is 19.0 Å². The van der Waals surface area contributed by atoms with E-state index in [1.54, 1.807) is 6.07 Å². The molecule has 0 unspecified atom stereocenters. The molecule has 5 heteroatoms. The number of aliphatic hydroxyl groups excluding tert-OH is 1. The molecule has 0 saturated carbocycles. The molecule has 1 aromatic rings. The largest absolute Gasteiger partial charge is 0.465 e. The molecule has 4 nitrogen and oxygen atoms in total. The van der Waals surface area contributed by atoms with Crippen molar-refractivity contribution in [1.29, 1.82) is 5.26 Å². The lowest BCUT2D eigenvalue weighted by Gasteiger charge is -2.05. The van der Waals surface area contributed by atoms with Crippen LogP contribution in [0.1, 0.15) is 21.5 Å². The standard InChI is InChI=1S/C10H8FNO3/c1-15-10(14)8-2-7(5-13)6(4-12)3-9(8)11/h2-3,13H,5H2,1H3. The maximum absolute atomic E-state index is 13.3. The van der Waals surface area contributed by atoms with Crippen molar-refractivity contribution in [3.63, 3.8) is 0 Å². The van der Waals surface area contributed by atoms with Crippen molar-refractivity contribution in [3.8, 4) is 6.07 Å². The molecule has 0 heterocycles. The first kappa shape index (κ1) is 11.1. The number of methoxy groups -OCH3 is 1. The van der Waals surface area contributed by atoms with Crippen LogP contribution in [0.25, 0.3) is 0 Å². The number of benzene rings is 1. The zero-order valence-corrected chi connectivity index (χ0v) is 7.95. The quantitative estimate of drug-likeness (QED) is 0.737. The van der Waals surface area contributed by atoms with Gasteiger partial charge in [0, 0.05) is 0 Å². The molecule has 0 atom stereocenters. The van der Waals surface area contributed by atoms with Gasteiger partial charge in [-0.15, -0.1) is 0 Å². The lowest BCUT2D eigenvalue weighted by molar-refractivity contribution is 0.0595. The molecule has 78 valence electrons. The maximum atomic E-state index is 13.3. The summed E-state index contributed by atoms with van der Waals surface area (Å²) >= 11 is 0. The Bertz CT molecular complexity index is 437. The summed E-state index contributed by atoms with van der Waals surface area (Å²) in [4.78, 5) is 11.1. The second-order valence-electron chi connectivity index (χ2n) is 2.75. The van der Waals surface area contributed by atoms with E-state index in [0.29, 0.717) is 0 Å². The molecule has 1 rings (SSSR count). The van der Waals surface area contributed by atoms with Crippen LogP contribution in [0.15, 0.2) is 12.1 Å². The molecule has 0 aromatic heterocycles. The Morgan fingerprint density at radius 3 is 2.80 bits per heavy atom. The molecule has 0 spiro atoms. The number of hydrogen-bond acceptors (Lipinski definition) is 4. The topological polar surface area (TPSA) is 70.3 Å². The molecule has 0 aliphatic heterocycles. The van der Waals surface area contributed by atoms with Gasteiger partial charge in [0.25, 0.3) is 0 Å². The number of aliphatic hydroxyl groups is 1. The van der Waals surface area contributed by atoms with Gasteiger partial charge in [0.1, 0.15) is 5.82 Å². The van der Waals surface area contributed by atoms with Crippen LogP contribution < -0.4 is 0 Å². The fourth-order valence-electron chi connectivity index (χ4n) is 1.12. The Morgan fingerprint density at radius 1 is 1.67 bits per heavy atom. The fourth-order valence-corrected chi connectivity index (χ4v) is 1.12. The number of carbonyl (C=O) groups excluding carboxylic acids is 1.